The number of hydrogen-bond acceptors (Lipinski definition) is 3. The molecule has 6 heteroatoms. The van der Waals surface area contributed by atoms with Crippen molar-refractivity contribution in [3.8, 4) is 0 Å². The van der Waals surface area contributed by atoms with Crippen molar-refractivity contribution in [3.05, 3.63) is 36.0 Å². The summed E-state index contributed by atoms with van der Waals surface area (Å²) in [5.41, 5.74) is 1.22. The van der Waals surface area contributed by atoms with E-state index in [0.29, 0.717) is 12.0 Å². The van der Waals surface area contributed by atoms with Gasteiger partial charge in [0.2, 0.25) is 11.8 Å². The average Bonchev–Trinajstić information content (AvgIpc) is 2.90. The van der Waals surface area contributed by atoms with E-state index in [0.717, 1.165) is 10.9 Å². The molecule has 20 heavy (non-hydrogen) atoms. The van der Waals surface area contributed by atoms with Gasteiger partial charge in [-0.05, 0) is 18.6 Å². The first-order chi connectivity index (χ1) is 9.65. The lowest BCUT2D eigenvalue weighted by atomic mass is 10.0. The number of carbonyl (C=O) groups is 3. The Morgan fingerprint density at radius 2 is 2.10 bits per heavy atom. The third-order valence-electron chi connectivity index (χ3n) is 3.38. The molecule has 1 saturated heterocycles. The van der Waals surface area contributed by atoms with E-state index in [9.17, 15) is 14.4 Å². The zero-order valence-electron chi connectivity index (χ0n) is 10.6. The molecule has 6 nitrogen and oxygen atoms in total. The number of piperidine rings is 1. The molecular weight excluding hydrogens is 258 g/mol. The van der Waals surface area contributed by atoms with Crippen molar-refractivity contribution in [2.24, 2.45) is 0 Å². The van der Waals surface area contributed by atoms with Gasteiger partial charge in [0.25, 0.3) is 5.91 Å². The Hall–Kier alpha value is -2.63. The summed E-state index contributed by atoms with van der Waals surface area (Å²) in [5.74, 6) is -1.08. The highest BCUT2D eigenvalue weighted by Crippen LogP contribution is 2.17. The summed E-state index contributed by atoms with van der Waals surface area (Å²) in [4.78, 5) is 38.0. The molecule has 1 fully saturated rings. The minimum Gasteiger partial charge on any atom is -0.361 e. The molecule has 3 amide bonds. The molecule has 1 aromatic heterocycles. The number of H-pyrrole nitrogens is 1. The molecule has 0 saturated carbocycles. The van der Waals surface area contributed by atoms with Crippen LogP contribution in [0, 0.1) is 0 Å². The van der Waals surface area contributed by atoms with Gasteiger partial charge in [0.05, 0.1) is 11.1 Å². The Morgan fingerprint density at radius 1 is 1.25 bits per heavy atom. The fraction of sp³-hybridized carbons (Fsp3) is 0.214. The number of rotatable bonds is 2. The maximum Gasteiger partial charge on any atom is 0.254 e. The molecule has 0 spiro atoms. The quantitative estimate of drug-likeness (QED) is 0.702. The van der Waals surface area contributed by atoms with Gasteiger partial charge >= 0.3 is 0 Å². The molecule has 2 aromatic rings. The van der Waals surface area contributed by atoms with Crippen LogP contribution in [-0.4, -0.2) is 28.7 Å². The summed E-state index contributed by atoms with van der Waals surface area (Å²) in [7, 11) is 0. The van der Waals surface area contributed by atoms with Gasteiger partial charge in [0.1, 0.15) is 6.04 Å². The molecule has 1 unspecified atom stereocenters. The van der Waals surface area contributed by atoms with Crippen molar-refractivity contribution in [2.45, 2.75) is 18.9 Å². The van der Waals surface area contributed by atoms with E-state index in [4.69, 9.17) is 0 Å². The number of aromatic nitrogens is 1. The van der Waals surface area contributed by atoms with E-state index < -0.39 is 11.9 Å². The Kier molecular flexibility index (Phi) is 2.98. The maximum absolute atomic E-state index is 12.3. The van der Waals surface area contributed by atoms with Gasteiger partial charge < -0.3 is 10.3 Å². The fourth-order valence-electron chi connectivity index (χ4n) is 2.34. The molecule has 3 N–H and O–H groups in total. The van der Waals surface area contributed by atoms with Crippen LogP contribution >= 0.6 is 0 Å². The summed E-state index contributed by atoms with van der Waals surface area (Å²) < 4.78 is 0. The van der Waals surface area contributed by atoms with Gasteiger partial charge in [-0.1, -0.05) is 12.1 Å². The predicted octanol–water partition coefficient (Wildman–Crippen LogP) is 0.703. The number of imide groups is 1. The monoisotopic (exact) mass is 271 g/mol. The van der Waals surface area contributed by atoms with Crippen LogP contribution in [0.15, 0.2) is 30.5 Å². The Bertz CT molecular complexity index is 705. The van der Waals surface area contributed by atoms with Crippen LogP contribution in [0.1, 0.15) is 23.2 Å². The van der Waals surface area contributed by atoms with Crippen molar-refractivity contribution >= 4 is 28.6 Å². The van der Waals surface area contributed by atoms with Crippen LogP contribution in [0.4, 0.5) is 0 Å². The van der Waals surface area contributed by atoms with Gasteiger partial charge in [-0.2, -0.15) is 0 Å². The maximum atomic E-state index is 12.3. The SMILES string of the molecule is O=C1CCC(NC(=O)c2cccc3cc[nH]c23)C(=O)N1. The highest BCUT2D eigenvalue weighted by molar-refractivity contribution is 6.08. The van der Waals surface area contributed by atoms with Crippen LogP contribution < -0.4 is 10.6 Å². The number of nitrogens with one attached hydrogen (secondary N) is 3. The van der Waals surface area contributed by atoms with E-state index >= 15 is 0 Å². The van der Waals surface area contributed by atoms with Crippen LogP contribution in [0.3, 0.4) is 0 Å². The lowest BCUT2D eigenvalue weighted by Crippen LogP contribution is -2.52. The summed E-state index contributed by atoms with van der Waals surface area (Å²) >= 11 is 0. The second-order valence-electron chi connectivity index (χ2n) is 4.72. The normalized spacial score (nSPS) is 18.9. The first-order valence-corrected chi connectivity index (χ1v) is 6.36. The largest absolute Gasteiger partial charge is 0.361 e. The van der Waals surface area contributed by atoms with Crippen LogP contribution in [0.5, 0.6) is 0 Å². The van der Waals surface area contributed by atoms with Crippen molar-refractivity contribution < 1.29 is 14.4 Å². The molecule has 1 atom stereocenters. The van der Waals surface area contributed by atoms with E-state index in [1.807, 2.05) is 12.1 Å². The summed E-state index contributed by atoms with van der Waals surface area (Å²) in [6.07, 6.45) is 2.33. The third kappa shape index (κ3) is 2.16. The average molecular weight is 271 g/mol. The number of amides is 3. The van der Waals surface area contributed by atoms with Crippen molar-refractivity contribution in [2.75, 3.05) is 0 Å². The summed E-state index contributed by atoms with van der Waals surface area (Å²) in [5, 5.41) is 5.81. The van der Waals surface area contributed by atoms with Crippen molar-refractivity contribution in [3.63, 3.8) is 0 Å². The number of para-hydroxylation sites is 1. The highest BCUT2D eigenvalue weighted by atomic mass is 16.2. The third-order valence-corrected chi connectivity index (χ3v) is 3.38. The Morgan fingerprint density at radius 3 is 2.90 bits per heavy atom. The second-order valence-corrected chi connectivity index (χ2v) is 4.72. The topological polar surface area (TPSA) is 91.1 Å². The molecule has 1 aliphatic heterocycles. The minimum absolute atomic E-state index is 0.239. The van der Waals surface area contributed by atoms with Gasteiger partial charge in [-0.3, -0.25) is 19.7 Å². The van der Waals surface area contributed by atoms with Crippen molar-refractivity contribution in [1.82, 2.24) is 15.6 Å². The highest BCUT2D eigenvalue weighted by Gasteiger charge is 2.28. The number of carbonyl (C=O) groups excluding carboxylic acids is 3. The minimum atomic E-state index is -0.662. The molecule has 1 aromatic carbocycles. The summed E-state index contributed by atoms with van der Waals surface area (Å²) in [6.45, 7) is 0. The molecule has 2 heterocycles. The van der Waals surface area contributed by atoms with E-state index in [1.54, 1.807) is 18.3 Å². The van der Waals surface area contributed by atoms with E-state index in [-0.39, 0.29) is 18.2 Å². The van der Waals surface area contributed by atoms with Gasteiger partial charge in [0, 0.05) is 18.0 Å². The molecule has 0 bridgehead atoms. The molecular formula is C14H13N3O3. The molecule has 0 aliphatic carbocycles. The lowest BCUT2D eigenvalue weighted by molar-refractivity contribution is -0.134. The molecule has 102 valence electrons. The van der Waals surface area contributed by atoms with Crippen molar-refractivity contribution in [1.29, 1.82) is 0 Å². The Labute approximate surface area is 114 Å². The number of hydrogen-bond donors (Lipinski definition) is 3. The first-order valence-electron chi connectivity index (χ1n) is 6.36. The number of benzene rings is 1. The number of aromatic amines is 1. The second kappa shape index (κ2) is 4.80. The predicted molar refractivity (Wildman–Crippen MR) is 71.9 cm³/mol. The zero-order valence-corrected chi connectivity index (χ0v) is 10.6. The van der Waals surface area contributed by atoms with Gasteiger partial charge in [-0.15, -0.1) is 0 Å². The molecule has 1 aliphatic rings. The van der Waals surface area contributed by atoms with Crippen LogP contribution in [-0.2, 0) is 9.59 Å². The Balaban J connectivity index is 1.81. The summed E-state index contributed by atoms with van der Waals surface area (Å²) in [6, 6.07) is 6.59. The lowest BCUT2D eigenvalue weighted by Gasteiger charge is -2.21. The smallest absolute Gasteiger partial charge is 0.254 e. The van der Waals surface area contributed by atoms with Crippen LogP contribution in [0.2, 0.25) is 0 Å². The standard InChI is InChI=1S/C14H13N3O3/c18-11-5-4-10(14(20)17-11)16-13(19)9-3-1-2-8-6-7-15-12(8)9/h1-3,6-7,10,15H,4-5H2,(H,16,19)(H,17,18,20). The van der Waals surface area contributed by atoms with E-state index in [2.05, 4.69) is 15.6 Å². The molecule has 0 radical (unpaired) electrons. The fourth-order valence-corrected chi connectivity index (χ4v) is 2.34. The zero-order chi connectivity index (χ0) is 14.1. The van der Waals surface area contributed by atoms with Gasteiger partial charge in [-0.25, -0.2) is 0 Å². The molecule has 3 rings (SSSR count). The van der Waals surface area contributed by atoms with Crippen LogP contribution in [0.25, 0.3) is 10.9 Å². The first kappa shape index (κ1) is 12.4. The number of fused-ring (bicyclic) bond motifs is 1. The van der Waals surface area contributed by atoms with Gasteiger partial charge in [0.15, 0.2) is 0 Å². The van der Waals surface area contributed by atoms with E-state index in [1.165, 1.54) is 0 Å².